The van der Waals surface area contributed by atoms with E-state index in [1.54, 1.807) is 0 Å². The highest BCUT2D eigenvalue weighted by molar-refractivity contribution is 7.62. The van der Waals surface area contributed by atoms with Crippen LogP contribution in [0, 0.1) is 0 Å². The van der Waals surface area contributed by atoms with Crippen molar-refractivity contribution in [2.24, 2.45) is 0 Å². The Morgan fingerprint density at radius 2 is 1.50 bits per heavy atom. The van der Waals surface area contributed by atoms with E-state index in [1.165, 1.54) is 0 Å². The van der Waals surface area contributed by atoms with Gasteiger partial charge in [0.25, 0.3) is 0 Å². The van der Waals surface area contributed by atoms with E-state index in [0.717, 1.165) is 35.1 Å². The number of fused-ring (bicyclic) bond motifs is 3. The lowest BCUT2D eigenvalue weighted by atomic mass is 9.90. The minimum atomic E-state index is -3.89. The second kappa shape index (κ2) is 6.38. The number of para-hydroxylation sites is 1. The summed E-state index contributed by atoms with van der Waals surface area (Å²) >= 11 is 0. The van der Waals surface area contributed by atoms with Gasteiger partial charge >= 0.3 is 7.60 Å². The van der Waals surface area contributed by atoms with Crippen molar-refractivity contribution in [1.29, 1.82) is 0 Å². The van der Waals surface area contributed by atoms with Crippen LogP contribution in [0.3, 0.4) is 0 Å². The molecule has 0 aliphatic carbocycles. The summed E-state index contributed by atoms with van der Waals surface area (Å²) in [6.07, 6.45) is 1.87. The molecular weight excluding hydrogens is 319 g/mol. The summed E-state index contributed by atoms with van der Waals surface area (Å²) in [6, 6.07) is 11.9. The molecule has 0 radical (unpaired) electrons. The Hall–Kier alpha value is -1.57. The SMILES string of the molecule is CCC(C)c1cccc2c1OP(=O)(O)c1c-2cccc1C(C)CC. The van der Waals surface area contributed by atoms with E-state index in [-0.39, 0.29) is 11.8 Å². The van der Waals surface area contributed by atoms with Crippen LogP contribution in [0.25, 0.3) is 11.1 Å². The number of benzene rings is 2. The van der Waals surface area contributed by atoms with Crippen LogP contribution in [0.4, 0.5) is 0 Å². The van der Waals surface area contributed by atoms with Gasteiger partial charge in [-0.3, -0.25) is 0 Å². The molecule has 1 N–H and O–H groups in total. The van der Waals surface area contributed by atoms with Crippen LogP contribution in [0.5, 0.6) is 5.75 Å². The predicted octanol–water partition coefficient (Wildman–Crippen LogP) is 5.58. The van der Waals surface area contributed by atoms with Gasteiger partial charge in [0.2, 0.25) is 0 Å². The molecule has 3 atom stereocenters. The van der Waals surface area contributed by atoms with E-state index >= 15 is 0 Å². The van der Waals surface area contributed by atoms with Gasteiger partial charge in [-0.2, -0.15) is 0 Å². The Morgan fingerprint density at radius 3 is 2.12 bits per heavy atom. The molecule has 3 nitrogen and oxygen atoms in total. The third-order valence-electron chi connectivity index (χ3n) is 5.19. The van der Waals surface area contributed by atoms with E-state index in [2.05, 4.69) is 27.7 Å². The van der Waals surface area contributed by atoms with Crippen LogP contribution in [0.2, 0.25) is 0 Å². The van der Waals surface area contributed by atoms with Crippen molar-refractivity contribution in [3.63, 3.8) is 0 Å². The monoisotopic (exact) mass is 344 g/mol. The summed E-state index contributed by atoms with van der Waals surface area (Å²) in [5.74, 6) is 1.06. The van der Waals surface area contributed by atoms with Gasteiger partial charge in [-0.05, 0) is 35.8 Å². The van der Waals surface area contributed by atoms with Gasteiger partial charge in [0, 0.05) is 11.1 Å². The van der Waals surface area contributed by atoms with Crippen molar-refractivity contribution < 1.29 is 14.0 Å². The van der Waals surface area contributed by atoms with Crippen LogP contribution >= 0.6 is 7.60 Å². The van der Waals surface area contributed by atoms with Crippen LogP contribution < -0.4 is 9.83 Å². The third-order valence-corrected chi connectivity index (χ3v) is 6.68. The number of rotatable bonds is 4. The van der Waals surface area contributed by atoms with Crippen molar-refractivity contribution in [3.8, 4) is 16.9 Å². The Labute approximate surface area is 144 Å². The van der Waals surface area contributed by atoms with E-state index < -0.39 is 7.60 Å². The molecule has 3 unspecified atom stereocenters. The molecule has 0 saturated heterocycles. The lowest BCUT2D eigenvalue weighted by molar-refractivity contribution is 0.388. The number of hydrogen-bond donors (Lipinski definition) is 1. The molecule has 0 amide bonds. The molecule has 2 aromatic rings. The molecule has 1 aliphatic rings. The quantitative estimate of drug-likeness (QED) is 0.736. The molecule has 24 heavy (non-hydrogen) atoms. The fraction of sp³-hybridized carbons (Fsp3) is 0.400. The van der Waals surface area contributed by atoms with Crippen molar-refractivity contribution in [1.82, 2.24) is 0 Å². The maximum Gasteiger partial charge on any atom is 0.409 e. The average molecular weight is 344 g/mol. The molecule has 3 rings (SSSR count). The molecule has 0 bridgehead atoms. The topological polar surface area (TPSA) is 46.5 Å². The zero-order chi connectivity index (χ0) is 17.5. The maximum atomic E-state index is 13.1. The van der Waals surface area contributed by atoms with Crippen LogP contribution in [-0.2, 0) is 4.57 Å². The van der Waals surface area contributed by atoms with Gasteiger partial charge in [-0.15, -0.1) is 0 Å². The van der Waals surface area contributed by atoms with Crippen LogP contribution in [0.1, 0.15) is 63.5 Å². The molecule has 0 spiro atoms. The van der Waals surface area contributed by atoms with Gasteiger partial charge < -0.3 is 9.42 Å². The van der Waals surface area contributed by atoms with Crippen molar-refractivity contribution in [2.75, 3.05) is 0 Å². The lowest BCUT2D eigenvalue weighted by Crippen LogP contribution is -2.23. The van der Waals surface area contributed by atoms with E-state index in [4.69, 9.17) is 4.52 Å². The molecule has 4 heteroatoms. The minimum absolute atomic E-state index is 0.211. The van der Waals surface area contributed by atoms with Crippen molar-refractivity contribution in [2.45, 2.75) is 52.4 Å². The van der Waals surface area contributed by atoms with Gasteiger partial charge in [-0.1, -0.05) is 64.1 Å². The highest BCUT2D eigenvalue weighted by Crippen LogP contribution is 2.55. The Balaban J connectivity index is 2.31. The lowest BCUT2D eigenvalue weighted by Gasteiger charge is -2.30. The van der Waals surface area contributed by atoms with Crippen molar-refractivity contribution in [3.05, 3.63) is 47.5 Å². The Morgan fingerprint density at radius 1 is 0.958 bits per heavy atom. The zero-order valence-corrected chi connectivity index (χ0v) is 15.6. The first-order chi connectivity index (χ1) is 11.4. The zero-order valence-electron chi connectivity index (χ0n) is 14.7. The fourth-order valence-corrected chi connectivity index (χ4v) is 5.02. The summed E-state index contributed by atoms with van der Waals surface area (Å²) in [5, 5.41) is 0.480. The first-order valence-corrected chi connectivity index (χ1v) is 10.3. The molecule has 2 aromatic carbocycles. The molecule has 0 aromatic heterocycles. The second-order valence-corrected chi connectivity index (χ2v) is 8.37. The maximum absolute atomic E-state index is 13.1. The smallest absolute Gasteiger partial charge is 0.409 e. The highest BCUT2D eigenvalue weighted by atomic mass is 31.2. The largest absolute Gasteiger partial charge is 0.420 e. The van der Waals surface area contributed by atoms with Crippen molar-refractivity contribution >= 4 is 12.9 Å². The Kier molecular flexibility index (Phi) is 4.59. The minimum Gasteiger partial charge on any atom is -0.420 e. The molecule has 128 valence electrons. The molecular formula is C20H25O3P. The fourth-order valence-electron chi connectivity index (χ4n) is 3.36. The van der Waals surface area contributed by atoms with Crippen LogP contribution in [-0.4, -0.2) is 4.89 Å². The average Bonchev–Trinajstić information content (AvgIpc) is 2.59. The Bertz CT molecular complexity index is 813. The number of hydrogen-bond acceptors (Lipinski definition) is 2. The van der Waals surface area contributed by atoms with E-state index in [9.17, 15) is 9.46 Å². The predicted molar refractivity (Wildman–Crippen MR) is 99.4 cm³/mol. The van der Waals surface area contributed by atoms with Gasteiger partial charge in [0.1, 0.15) is 5.75 Å². The molecule has 1 aliphatic heterocycles. The summed E-state index contributed by atoms with van der Waals surface area (Å²) in [5.41, 5.74) is 3.68. The first-order valence-electron chi connectivity index (χ1n) is 8.69. The second-order valence-electron chi connectivity index (χ2n) is 6.70. The molecule has 0 saturated carbocycles. The summed E-state index contributed by atoms with van der Waals surface area (Å²) in [4.78, 5) is 10.7. The third kappa shape index (κ3) is 2.70. The molecule has 1 heterocycles. The highest BCUT2D eigenvalue weighted by Gasteiger charge is 2.38. The van der Waals surface area contributed by atoms with Gasteiger partial charge in [0.05, 0.1) is 5.30 Å². The first kappa shape index (κ1) is 17.3. The van der Waals surface area contributed by atoms with E-state index in [0.29, 0.717) is 11.1 Å². The van der Waals surface area contributed by atoms with E-state index in [1.807, 2.05) is 36.4 Å². The van der Waals surface area contributed by atoms with Gasteiger partial charge in [-0.25, -0.2) is 4.57 Å². The molecule has 0 fully saturated rings. The van der Waals surface area contributed by atoms with Gasteiger partial charge in [0.15, 0.2) is 0 Å². The standard InChI is InChI=1S/C20H25O3P/c1-5-13(3)15-9-7-11-17-18-12-8-10-16(14(4)6-2)20(18)24(21,22)23-19(15)17/h7-14H,5-6H2,1-4H3,(H,21,22). The summed E-state index contributed by atoms with van der Waals surface area (Å²) < 4.78 is 18.8. The van der Waals surface area contributed by atoms with Crippen LogP contribution in [0.15, 0.2) is 36.4 Å². The summed E-state index contributed by atoms with van der Waals surface area (Å²) in [7, 11) is -3.89. The summed E-state index contributed by atoms with van der Waals surface area (Å²) in [6.45, 7) is 8.40. The normalized spacial score (nSPS) is 21.4.